The summed E-state index contributed by atoms with van der Waals surface area (Å²) in [5, 5.41) is 5.85. The molecule has 3 aromatic rings. The largest absolute Gasteiger partial charge is 0.489 e. The molecule has 3 rings (SSSR count). The Morgan fingerprint density at radius 2 is 1.56 bits per heavy atom. The van der Waals surface area contributed by atoms with Gasteiger partial charge in [0.15, 0.2) is 0 Å². The predicted octanol–water partition coefficient (Wildman–Crippen LogP) is 4.13. The standard InChI is InChI=1S/C22H21FN2O2/c23-19-8-6-17(7-9-19)14-24-15-22(26)25-20-10-12-21(13-11-20)27-16-18-4-2-1-3-5-18/h1-13,24H,14-16H2,(H,25,26). The quantitative estimate of drug-likeness (QED) is 0.632. The summed E-state index contributed by atoms with van der Waals surface area (Å²) in [4.78, 5) is 12.0. The highest BCUT2D eigenvalue weighted by molar-refractivity contribution is 5.92. The number of amides is 1. The monoisotopic (exact) mass is 364 g/mol. The molecule has 27 heavy (non-hydrogen) atoms. The van der Waals surface area contributed by atoms with Crippen LogP contribution in [0, 0.1) is 5.82 Å². The third-order valence-electron chi connectivity index (χ3n) is 3.91. The van der Waals surface area contributed by atoms with Gasteiger partial charge in [-0.3, -0.25) is 4.79 Å². The van der Waals surface area contributed by atoms with Gasteiger partial charge in [0.25, 0.3) is 0 Å². The number of halogens is 1. The molecule has 5 heteroatoms. The minimum Gasteiger partial charge on any atom is -0.489 e. The van der Waals surface area contributed by atoms with E-state index in [0.717, 1.165) is 16.9 Å². The molecule has 0 aliphatic carbocycles. The van der Waals surface area contributed by atoms with Gasteiger partial charge < -0.3 is 15.4 Å². The van der Waals surface area contributed by atoms with E-state index in [4.69, 9.17) is 4.74 Å². The number of carbonyl (C=O) groups is 1. The number of benzene rings is 3. The highest BCUT2D eigenvalue weighted by atomic mass is 19.1. The van der Waals surface area contributed by atoms with E-state index in [9.17, 15) is 9.18 Å². The second-order valence-corrected chi connectivity index (χ2v) is 6.08. The molecule has 0 aromatic heterocycles. The second-order valence-electron chi connectivity index (χ2n) is 6.08. The van der Waals surface area contributed by atoms with Gasteiger partial charge in [0.1, 0.15) is 18.2 Å². The molecule has 0 fully saturated rings. The fourth-order valence-electron chi connectivity index (χ4n) is 2.50. The minimum absolute atomic E-state index is 0.143. The number of ether oxygens (including phenoxy) is 1. The van der Waals surface area contributed by atoms with E-state index < -0.39 is 0 Å². The first kappa shape index (κ1) is 18.6. The summed E-state index contributed by atoms with van der Waals surface area (Å²) >= 11 is 0. The molecule has 0 aliphatic heterocycles. The average molecular weight is 364 g/mol. The molecule has 0 saturated heterocycles. The fourth-order valence-corrected chi connectivity index (χ4v) is 2.50. The van der Waals surface area contributed by atoms with Crippen LogP contribution in [0.15, 0.2) is 78.9 Å². The first-order chi connectivity index (χ1) is 13.2. The number of anilines is 1. The molecule has 3 aromatic carbocycles. The van der Waals surface area contributed by atoms with E-state index in [-0.39, 0.29) is 18.3 Å². The maximum atomic E-state index is 12.8. The highest BCUT2D eigenvalue weighted by Crippen LogP contribution is 2.17. The number of hydrogen-bond donors (Lipinski definition) is 2. The molecule has 0 saturated carbocycles. The maximum absolute atomic E-state index is 12.8. The van der Waals surface area contributed by atoms with Crippen LogP contribution in [0.2, 0.25) is 0 Å². The van der Waals surface area contributed by atoms with Crippen LogP contribution in [0.3, 0.4) is 0 Å². The lowest BCUT2D eigenvalue weighted by Gasteiger charge is -2.09. The van der Waals surface area contributed by atoms with E-state index in [1.807, 2.05) is 42.5 Å². The summed E-state index contributed by atoms with van der Waals surface area (Å²) in [6.07, 6.45) is 0. The van der Waals surface area contributed by atoms with Crippen molar-refractivity contribution in [3.8, 4) is 5.75 Å². The molecule has 1 amide bonds. The van der Waals surface area contributed by atoms with Gasteiger partial charge in [-0.2, -0.15) is 0 Å². The highest BCUT2D eigenvalue weighted by Gasteiger charge is 2.03. The lowest BCUT2D eigenvalue weighted by molar-refractivity contribution is -0.115. The minimum atomic E-state index is -0.271. The van der Waals surface area contributed by atoms with Crippen molar-refractivity contribution in [1.29, 1.82) is 0 Å². The lowest BCUT2D eigenvalue weighted by Crippen LogP contribution is -2.27. The zero-order valence-electron chi connectivity index (χ0n) is 14.8. The maximum Gasteiger partial charge on any atom is 0.238 e. The fraction of sp³-hybridized carbons (Fsp3) is 0.136. The molecule has 4 nitrogen and oxygen atoms in total. The molecule has 0 aliphatic rings. The Bertz CT molecular complexity index is 850. The topological polar surface area (TPSA) is 50.4 Å². The van der Waals surface area contributed by atoms with E-state index in [1.165, 1.54) is 12.1 Å². The van der Waals surface area contributed by atoms with Crippen LogP contribution in [0.25, 0.3) is 0 Å². The normalized spacial score (nSPS) is 10.4. The van der Waals surface area contributed by atoms with Crippen LogP contribution >= 0.6 is 0 Å². The summed E-state index contributed by atoms with van der Waals surface area (Å²) in [6.45, 7) is 1.17. The molecule has 2 N–H and O–H groups in total. The summed E-state index contributed by atoms with van der Waals surface area (Å²) in [5.74, 6) is 0.328. The molecule has 0 unspecified atom stereocenters. The third-order valence-corrected chi connectivity index (χ3v) is 3.91. The Morgan fingerprint density at radius 3 is 2.26 bits per heavy atom. The number of carbonyl (C=O) groups excluding carboxylic acids is 1. The number of nitrogens with one attached hydrogen (secondary N) is 2. The summed E-state index contributed by atoms with van der Waals surface area (Å²) in [7, 11) is 0. The van der Waals surface area contributed by atoms with E-state index in [2.05, 4.69) is 10.6 Å². The van der Waals surface area contributed by atoms with Crippen molar-refractivity contribution in [3.05, 3.63) is 95.8 Å². The Hall–Kier alpha value is -3.18. The summed E-state index contributed by atoms with van der Waals surface area (Å²) in [5.41, 5.74) is 2.72. The SMILES string of the molecule is O=C(CNCc1ccc(F)cc1)Nc1ccc(OCc2ccccc2)cc1. The Balaban J connectivity index is 1.40. The molecule has 0 spiro atoms. The van der Waals surface area contributed by atoms with Crippen molar-refractivity contribution >= 4 is 11.6 Å². The van der Waals surface area contributed by atoms with Gasteiger partial charge >= 0.3 is 0 Å². The van der Waals surface area contributed by atoms with Gasteiger partial charge in [-0.15, -0.1) is 0 Å². The molecule has 0 atom stereocenters. The van der Waals surface area contributed by atoms with Gasteiger partial charge in [0, 0.05) is 12.2 Å². The summed E-state index contributed by atoms with van der Waals surface area (Å²) < 4.78 is 18.6. The van der Waals surface area contributed by atoms with Crippen molar-refractivity contribution in [3.63, 3.8) is 0 Å². The van der Waals surface area contributed by atoms with Crippen LogP contribution in [-0.4, -0.2) is 12.5 Å². The van der Waals surface area contributed by atoms with Gasteiger partial charge in [0.05, 0.1) is 6.54 Å². The van der Waals surface area contributed by atoms with Crippen molar-refractivity contribution in [2.75, 3.05) is 11.9 Å². The second kappa shape index (κ2) is 9.50. The summed E-state index contributed by atoms with van der Waals surface area (Å²) in [6, 6.07) is 23.4. The molecular weight excluding hydrogens is 343 g/mol. The van der Waals surface area contributed by atoms with Crippen molar-refractivity contribution in [2.24, 2.45) is 0 Å². The Kier molecular flexibility index (Phi) is 6.55. The Labute approximate surface area is 158 Å². The molecule has 0 heterocycles. The van der Waals surface area contributed by atoms with Crippen molar-refractivity contribution in [2.45, 2.75) is 13.2 Å². The first-order valence-electron chi connectivity index (χ1n) is 8.71. The average Bonchev–Trinajstić information content (AvgIpc) is 2.70. The van der Waals surface area contributed by atoms with E-state index in [0.29, 0.717) is 18.8 Å². The predicted molar refractivity (Wildman–Crippen MR) is 104 cm³/mol. The van der Waals surface area contributed by atoms with Crippen LogP contribution in [-0.2, 0) is 17.9 Å². The lowest BCUT2D eigenvalue weighted by atomic mass is 10.2. The smallest absolute Gasteiger partial charge is 0.238 e. The van der Waals surface area contributed by atoms with Gasteiger partial charge in [0.2, 0.25) is 5.91 Å². The molecule has 0 bridgehead atoms. The van der Waals surface area contributed by atoms with Crippen molar-refractivity contribution < 1.29 is 13.9 Å². The van der Waals surface area contributed by atoms with E-state index in [1.54, 1.807) is 24.3 Å². The van der Waals surface area contributed by atoms with E-state index >= 15 is 0 Å². The molecular formula is C22H21FN2O2. The van der Waals surface area contributed by atoms with Crippen LogP contribution in [0.5, 0.6) is 5.75 Å². The Morgan fingerprint density at radius 1 is 0.852 bits per heavy atom. The van der Waals surface area contributed by atoms with Crippen molar-refractivity contribution in [1.82, 2.24) is 5.32 Å². The number of hydrogen-bond acceptors (Lipinski definition) is 3. The molecule has 138 valence electrons. The van der Waals surface area contributed by atoms with Gasteiger partial charge in [-0.25, -0.2) is 4.39 Å². The van der Waals surface area contributed by atoms with Crippen LogP contribution in [0.1, 0.15) is 11.1 Å². The van der Waals surface area contributed by atoms with Gasteiger partial charge in [-0.1, -0.05) is 42.5 Å². The van der Waals surface area contributed by atoms with Crippen LogP contribution in [0.4, 0.5) is 10.1 Å². The first-order valence-corrected chi connectivity index (χ1v) is 8.71. The van der Waals surface area contributed by atoms with Gasteiger partial charge in [-0.05, 0) is 47.5 Å². The zero-order chi connectivity index (χ0) is 18.9. The molecule has 0 radical (unpaired) electrons. The van der Waals surface area contributed by atoms with Crippen LogP contribution < -0.4 is 15.4 Å². The third kappa shape index (κ3) is 6.24. The number of rotatable bonds is 8. The zero-order valence-corrected chi connectivity index (χ0v) is 14.8.